The summed E-state index contributed by atoms with van der Waals surface area (Å²) in [5, 5.41) is 4.30. The Bertz CT molecular complexity index is 678. The zero-order valence-corrected chi connectivity index (χ0v) is 15.2. The maximum absolute atomic E-state index is 11.9. The molecule has 5 nitrogen and oxygen atoms in total. The summed E-state index contributed by atoms with van der Waals surface area (Å²) in [6.45, 7) is 5.26. The molecule has 0 fully saturated rings. The van der Waals surface area contributed by atoms with Gasteiger partial charge in [0.1, 0.15) is 5.60 Å². The molecule has 0 radical (unpaired) electrons. The van der Waals surface area contributed by atoms with Crippen molar-refractivity contribution in [3.63, 3.8) is 0 Å². The van der Waals surface area contributed by atoms with Crippen molar-refractivity contribution >= 4 is 27.5 Å². The molecule has 0 bridgehead atoms. The smallest absolute Gasteiger partial charge is 0.408 e. The Balaban J connectivity index is 2.89. The highest BCUT2D eigenvalue weighted by Crippen LogP contribution is 2.14. The minimum absolute atomic E-state index is 0.395. The van der Waals surface area contributed by atoms with Crippen molar-refractivity contribution in [1.29, 1.82) is 0 Å². The van der Waals surface area contributed by atoms with Crippen molar-refractivity contribution < 1.29 is 17.9 Å². The lowest BCUT2D eigenvalue weighted by Crippen LogP contribution is -2.39. The molecule has 1 atom stereocenters. The third-order valence-electron chi connectivity index (χ3n) is 2.60. The van der Waals surface area contributed by atoms with E-state index in [1.165, 1.54) is 6.08 Å². The van der Waals surface area contributed by atoms with E-state index in [0.29, 0.717) is 11.4 Å². The van der Waals surface area contributed by atoms with Crippen LogP contribution in [-0.2, 0) is 21.0 Å². The van der Waals surface area contributed by atoms with Crippen molar-refractivity contribution in [2.45, 2.75) is 38.8 Å². The molecule has 1 aromatic rings. The summed E-state index contributed by atoms with van der Waals surface area (Å²) in [6.07, 6.45) is 2.31. The Labute approximate surface area is 142 Å². The molecule has 0 aliphatic rings. The number of hydrogen-bond donors (Lipinski definition) is 1. The Kier molecular flexibility index (Phi) is 6.65. The van der Waals surface area contributed by atoms with Gasteiger partial charge in [0.2, 0.25) is 0 Å². The number of sulfone groups is 1. The highest BCUT2D eigenvalue weighted by atomic mass is 35.5. The second-order valence-electron chi connectivity index (χ2n) is 6.24. The topological polar surface area (TPSA) is 72.5 Å². The van der Waals surface area contributed by atoms with E-state index in [1.807, 2.05) is 6.07 Å². The number of nitrogens with one attached hydrogen (secondary N) is 1. The largest absolute Gasteiger partial charge is 0.444 e. The van der Waals surface area contributed by atoms with Crippen LogP contribution in [0.25, 0.3) is 0 Å². The zero-order chi connectivity index (χ0) is 17.7. The Hall–Kier alpha value is -1.53. The third kappa shape index (κ3) is 9.25. The summed E-state index contributed by atoms with van der Waals surface area (Å²) in [5.74, 6) is 0. The van der Waals surface area contributed by atoms with Crippen molar-refractivity contribution in [3.8, 4) is 0 Å². The lowest BCUT2D eigenvalue weighted by Gasteiger charge is -2.22. The Morgan fingerprint density at radius 1 is 1.39 bits per heavy atom. The van der Waals surface area contributed by atoms with Gasteiger partial charge in [-0.1, -0.05) is 29.8 Å². The molecule has 1 rings (SSSR count). The number of benzene rings is 1. The molecule has 0 saturated carbocycles. The van der Waals surface area contributed by atoms with Crippen LogP contribution in [0.3, 0.4) is 0 Å². The number of rotatable bonds is 5. The molecule has 1 aromatic carbocycles. The number of amides is 1. The zero-order valence-electron chi connectivity index (χ0n) is 13.7. The highest BCUT2D eigenvalue weighted by Gasteiger charge is 2.19. The van der Waals surface area contributed by atoms with Crippen molar-refractivity contribution in [3.05, 3.63) is 46.3 Å². The number of carbonyl (C=O) groups excluding carboxylic acids is 1. The van der Waals surface area contributed by atoms with Crippen LogP contribution in [0.15, 0.2) is 35.7 Å². The first-order valence-corrected chi connectivity index (χ1v) is 9.40. The molecular formula is C16H22ClNO4S. The molecule has 1 amide bonds. The SMILES string of the molecule is CC(C)(C)OC(=O)N[C@H](/C=C/S(C)(=O)=O)Cc1cccc(Cl)c1. The van der Waals surface area contributed by atoms with Crippen molar-refractivity contribution in [2.75, 3.05) is 6.26 Å². The van der Waals surface area contributed by atoms with Gasteiger partial charge >= 0.3 is 6.09 Å². The van der Waals surface area contributed by atoms with Crippen LogP contribution in [0.1, 0.15) is 26.3 Å². The van der Waals surface area contributed by atoms with Crippen LogP contribution >= 0.6 is 11.6 Å². The number of hydrogen-bond acceptors (Lipinski definition) is 4. The van der Waals surface area contributed by atoms with Gasteiger partial charge in [-0.25, -0.2) is 13.2 Å². The van der Waals surface area contributed by atoms with Gasteiger partial charge in [-0.05, 0) is 44.9 Å². The third-order valence-corrected chi connectivity index (χ3v) is 3.49. The molecule has 23 heavy (non-hydrogen) atoms. The second-order valence-corrected chi connectivity index (χ2v) is 8.61. The quantitative estimate of drug-likeness (QED) is 0.875. The first-order valence-electron chi connectivity index (χ1n) is 7.07. The van der Waals surface area contributed by atoms with E-state index < -0.39 is 27.6 Å². The van der Waals surface area contributed by atoms with Crippen LogP contribution in [0.2, 0.25) is 5.02 Å². The predicted molar refractivity (Wildman–Crippen MR) is 92.3 cm³/mol. The van der Waals surface area contributed by atoms with Gasteiger partial charge in [0.05, 0.1) is 6.04 Å². The van der Waals surface area contributed by atoms with Gasteiger partial charge in [0.25, 0.3) is 0 Å². The van der Waals surface area contributed by atoms with E-state index in [0.717, 1.165) is 17.2 Å². The monoisotopic (exact) mass is 359 g/mol. The van der Waals surface area contributed by atoms with E-state index in [9.17, 15) is 13.2 Å². The molecule has 0 aromatic heterocycles. The molecular weight excluding hydrogens is 338 g/mol. The van der Waals surface area contributed by atoms with Gasteiger partial charge in [0.15, 0.2) is 9.84 Å². The molecule has 128 valence electrons. The van der Waals surface area contributed by atoms with Crippen molar-refractivity contribution in [2.24, 2.45) is 0 Å². The summed E-state index contributed by atoms with van der Waals surface area (Å²) in [4.78, 5) is 11.9. The van der Waals surface area contributed by atoms with Crippen molar-refractivity contribution in [1.82, 2.24) is 5.32 Å². The summed E-state index contributed by atoms with van der Waals surface area (Å²) in [5.41, 5.74) is 0.238. The average molecular weight is 360 g/mol. The summed E-state index contributed by atoms with van der Waals surface area (Å²) in [6, 6.07) is 6.62. The van der Waals surface area contributed by atoms with Gasteiger partial charge in [0, 0.05) is 16.7 Å². The second kappa shape index (κ2) is 7.84. The fraction of sp³-hybridized carbons (Fsp3) is 0.438. The fourth-order valence-corrected chi connectivity index (χ4v) is 2.47. The lowest BCUT2D eigenvalue weighted by molar-refractivity contribution is 0.0514. The maximum Gasteiger partial charge on any atom is 0.408 e. The first kappa shape index (κ1) is 19.5. The molecule has 0 heterocycles. The van der Waals surface area contributed by atoms with Crippen LogP contribution in [0, 0.1) is 0 Å². The summed E-state index contributed by atoms with van der Waals surface area (Å²) in [7, 11) is -3.29. The van der Waals surface area contributed by atoms with E-state index in [2.05, 4.69) is 5.32 Å². The molecule has 0 aliphatic heterocycles. The van der Waals surface area contributed by atoms with E-state index in [-0.39, 0.29) is 0 Å². The van der Waals surface area contributed by atoms with Crippen LogP contribution in [0.5, 0.6) is 0 Å². The van der Waals surface area contributed by atoms with Crippen LogP contribution in [0.4, 0.5) is 4.79 Å². The van der Waals surface area contributed by atoms with Gasteiger partial charge < -0.3 is 10.1 Å². The standard InChI is InChI=1S/C16H22ClNO4S/c1-16(2,3)22-15(19)18-14(8-9-23(4,20)21)11-12-6-5-7-13(17)10-12/h5-10,14H,11H2,1-4H3,(H,18,19)/b9-8+/t14-/m1/s1. The predicted octanol–water partition coefficient (Wildman–Crippen LogP) is 3.33. The first-order chi connectivity index (χ1) is 10.4. The number of alkyl carbamates (subject to hydrolysis) is 1. The van der Waals surface area contributed by atoms with E-state index in [1.54, 1.807) is 39.0 Å². The average Bonchev–Trinajstić information content (AvgIpc) is 2.32. The number of ether oxygens (including phenoxy) is 1. The lowest BCUT2D eigenvalue weighted by atomic mass is 10.1. The Morgan fingerprint density at radius 3 is 2.57 bits per heavy atom. The highest BCUT2D eigenvalue weighted by molar-refractivity contribution is 7.93. The fourth-order valence-electron chi connectivity index (χ4n) is 1.78. The molecule has 0 aliphatic carbocycles. The summed E-state index contributed by atoms with van der Waals surface area (Å²) < 4.78 is 27.8. The van der Waals surface area contributed by atoms with Gasteiger partial charge in [-0.15, -0.1) is 0 Å². The summed E-state index contributed by atoms with van der Waals surface area (Å²) >= 11 is 5.94. The maximum atomic E-state index is 11.9. The van der Waals surface area contributed by atoms with Gasteiger partial charge in [-0.3, -0.25) is 0 Å². The molecule has 0 spiro atoms. The number of carbonyl (C=O) groups is 1. The minimum Gasteiger partial charge on any atom is -0.444 e. The molecule has 1 N–H and O–H groups in total. The molecule has 0 saturated heterocycles. The van der Waals surface area contributed by atoms with Crippen LogP contribution < -0.4 is 5.32 Å². The Morgan fingerprint density at radius 2 is 2.04 bits per heavy atom. The van der Waals surface area contributed by atoms with E-state index in [4.69, 9.17) is 16.3 Å². The van der Waals surface area contributed by atoms with E-state index >= 15 is 0 Å². The van der Waals surface area contributed by atoms with Crippen LogP contribution in [-0.4, -0.2) is 32.4 Å². The molecule has 7 heteroatoms. The molecule has 0 unspecified atom stereocenters. The van der Waals surface area contributed by atoms with Gasteiger partial charge in [-0.2, -0.15) is 0 Å². The number of halogens is 1. The minimum atomic E-state index is -3.29. The normalized spacial score (nSPS) is 13.8.